The zero-order valence-electron chi connectivity index (χ0n) is 10.5. The molecule has 4 nitrogen and oxygen atoms in total. The SMILES string of the molecule is CN=C(SCc1cccc(Cl)c1)[NH+]1CCC(=O)N1.[Cl-]. The third-order valence-corrected chi connectivity index (χ3v) is 4.03. The second kappa shape index (κ2) is 7.75. The summed E-state index contributed by atoms with van der Waals surface area (Å²) in [7, 11) is 1.75. The van der Waals surface area contributed by atoms with Crippen molar-refractivity contribution >= 4 is 34.4 Å². The minimum absolute atomic E-state index is 0. The molecular formula is C12H15Cl2N3OS. The van der Waals surface area contributed by atoms with E-state index in [0.29, 0.717) is 6.42 Å². The Hall–Kier alpha value is -0.750. The highest BCUT2D eigenvalue weighted by molar-refractivity contribution is 8.12. The van der Waals surface area contributed by atoms with Gasteiger partial charge in [-0.2, -0.15) is 10.4 Å². The number of halogens is 2. The number of quaternary nitrogens is 1. The summed E-state index contributed by atoms with van der Waals surface area (Å²) in [5.74, 6) is 0.876. The van der Waals surface area contributed by atoms with Crippen LogP contribution < -0.4 is 22.8 Å². The number of amides is 1. The molecular weight excluding hydrogens is 305 g/mol. The van der Waals surface area contributed by atoms with Crippen LogP contribution in [0, 0.1) is 0 Å². The lowest BCUT2D eigenvalue weighted by Gasteiger charge is -2.11. The van der Waals surface area contributed by atoms with Crippen molar-refractivity contribution in [3.63, 3.8) is 0 Å². The summed E-state index contributed by atoms with van der Waals surface area (Å²) < 4.78 is 0. The monoisotopic (exact) mass is 319 g/mol. The molecule has 1 aliphatic heterocycles. The first-order valence-corrected chi connectivity index (χ1v) is 7.05. The van der Waals surface area contributed by atoms with E-state index in [2.05, 4.69) is 10.4 Å². The van der Waals surface area contributed by atoms with Gasteiger partial charge in [-0.3, -0.25) is 4.79 Å². The molecule has 1 aliphatic rings. The summed E-state index contributed by atoms with van der Waals surface area (Å²) in [6, 6.07) is 7.77. The summed E-state index contributed by atoms with van der Waals surface area (Å²) in [6.07, 6.45) is 0.562. The van der Waals surface area contributed by atoms with Crippen LogP contribution in [0.1, 0.15) is 12.0 Å². The molecule has 0 bridgehead atoms. The van der Waals surface area contributed by atoms with Crippen LogP contribution in [0.15, 0.2) is 29.3 Å². The van der Waals surface area contributed by atoms with Crippen LogP contribution in [-0.4, -0.2) is 24.7 Å². The molecule has 0 aliphatic carbocycles. The second-order valence-electron chi connectivity index (χ2n) is 3.97. The number of nitrogens with zero attached hydrogens (tertiary/aromatic N) is 1. The van der Waals surface area contributed by atoms with Crippen molar-refractivity contribution in [1.82, 2.24) is 5.43 Å². The van der Waals surface area contributed by atoms with Gasteiger partial charge >= 0.3 is 0 Å². The molecule has 1 fully saturated rings. The second-order valence-corrected chi connectivity index (χ2v) is 5.37. The van der Waals surface area contributed by atoms with Crippen molar-refractivity contribution in [2.75, 3.05) is 13.6 Å². The Kier molecular flexibility index (Phi) is 6.65. The summed E-state index contributed by atoms with van der Waals surface area (Å²) in [5, 5.41) is 2.58. The fraction of sp³-hybridized carbons (Fsp3) is 0.333. The third-order valence-electron chi connectivity index (χ3n) is 2.62. The van der Waals surface area contributed by atoms with Gasteiger partial charge in [0.2, 0.25) is 0 Å². The number of nitrogens with one attached hydrogen (secondary N) is 2. The number of carbonyl (C=O) groups is 1. The highest BCUT2D eigenvalue weighted by Gasteiger charge is 2.27. The van der Waals surface area contributed by atoms with E-state index in [0.717, 1.165) is 33.1 Å². The van der Waals surface area contributed by atoms with Crippen LogP contribution >= 0.6 is 23.4 Å². The average molecular weight is 320 g/mol. The van der Waals surface area contributed by atoms with Crippen LogP contribution in [0.5, 0.6) is 0 Å². The van der Waals surface area contributed by atoms with Crippen LogP contribution in [-0.2, 0) is 10.5 Å². The van der Waals surface area contributed by atoms with Crippen molar-refractivity contribution in [2.24, 2.45) is 4.99 Å². The number of hydrogen-bond donors (Lipinski definition) is 2. The van der Waals surface area contributed by atoms with Gasteiger partial charge in [0.05, 0.1) is 6.42 Å². The van der Waals surface area contributed by atoms with Crippen LogP contribution in [0.2, 0.25) is 5.02 Å². The Morgan fingerprint density at radius 2 is 2.37 bits per heavy atom. The molecule has 2 rings (SSSR count). The first-order chi connectivity index (χ1) is 8.69. The van der Waals surface area contributed by atoms with E-state index in [1.54, 1.807) is 18.8 Å². The van der Waals surface area contributed by atoms with Crippen molar-refractivity contribution in [1.29, 1.82) is 0 Å². The smallest absolute Gasteiger partial charge is 0.282 e. The molecule has 104 valence electrons. The first kappa shape index (κ1) is 16.3. The van der Waals surface area contributed by atoms with Gasteiger partial charge in [-0.1, -0.05) is 23.7 Å². The van der Waals surface area contributed by atoms with Gasteiger partial charge in [0.1, 0.15) is 6.54 Å². The van der Waals surface area contributed by atoms with Gasteiger partial charge in [0.15, 0.2) is 0 Å². The zero-order valence-corrected chi connectivity index (χ0v) is 12.8. The standard InChI is InChI=1S/C12H14ClN3OS.ClH/c1-14-12(16-6-5-11(17)15-16)18-8-9-3-2-4-10(13)7-9;/h2-4,7H,5-6,8H2,1H3,(H,15,17);1H. The number of thioether (sulfide) groups is 1. The molecule has 1 saturated heterocycles. The fourth-order valence-corrected chi connectivity index (χ4v) is 2.91. The normalized spacial score (nSPS) is 18.9. The highest BCUT2D eigenvalue weighted by Crippen LogP contribution is 2.16. The molecule has 1 aromatic carbocycles. The van der Waals surface area contributed by atoms with E-state index < -0.39 is 0 Å². The highest BCUT2D eigenvalue weighted by atomic mass is 35.5. The molecule has 0 spiro atoms. The lowest BCUT2D eigenvalue weighted by atomic mass is 10.2. The molecule has 2 N–H and O–H groups in total. The molecule has 0 radical (unpaired) electrons. The Morgan fingerprint density at radius 3 is 2.95 bits per heavy atom. The first-order valence-electron chi connectivity index (χ1n) is 5.69. The van der Waals surface area contributed by atoms with E-state index in [4.69, 9.17) is 11.6 Å². The third kappa shape index (κ3) is 4.69. The van der Waals surface area contributed by atoms with E-state index in [1.807, 2.05) is 24.3 Å². The molecule has 1 atom stereocenters. The number of benzene rings is 1. The quantitative estimate of drug-likeness (QED) is 0.484. The summed E-state index contributed by atoms with van der Waals surface area (Å²) >= 11 is 7.56. The van der Waals surface area contributed by atoms with Crippen molar-refractivity contribution < 1.29 is 22.2 Å². The molecule has 1 heterocycles. The summed E-state index contributed by atoms with van der Waals surface area (Å²) in [6.45, 7) is 0.758. The van der Waals surface area contributed by atoms with Crippen molar-refractivity contribution in [3.8, 4) is 0 Å². The molecule has 1 amide bonds. The molecule has 7 heteroatoms. The number of amidine groups is 1. The van der Waals surface area contributed by atoms with Crippen molar-refractivity contribution in [3.05, 3.63) is 34.9 Å². The van der Waals surface area contributed by atoms with E-state index >= 15 is 0 Å². The van der Waals surface area contributed by atoms with Crippen LogP contribution in [0.25, 0.3) is 0 Å². The topological polar surface area (TPSA) is 45.9 Å². The number of hydrogen-bond acceptors (Lipinski definition) is 3. The molecule has 0 aromatic heterocycles. The van der Waals surface area contributed by atoms with Gasteiger partial charge in [0, 0.05) is 17.8 Å². The van der Waals surface area contributed by atoms with Crippen LogP contribution in [0.4, 0.5) is 0 Å². The van der Waals surface area contributed by atoms with Gasteiger partial charge in [-0.25, -0.2) is 4.99 Å². The lowest BCUT2D eigenvalue weighted by Crippen LogP contribution is -3.18. The molecule has 1 unspecified atom stereocenters. The van der Waals surface area contributed by atoms with E-state index in [9.17, 15) is 4.79 Å². The minimum atomic E-state index is 0. The number of rotatable bonds is 2. The van der Waals surface area contributed by atoms with Gasteiger partial charge in [0.25, 0.3) is 11.1 Å². The Bertz CT molecular complexity index is 482. The Morgan fingerprint density at radius 1 is 1.58 bits per heavy atom. The zero-order chi connectivity index (χ0) is 13.0. The van der Waals surface area contributed by atoms with Gasteiger partial charge < -0.3 is 12.4 Å². The molecule has 1 aromatic rings. The average Bonchev–Trinajstić information content (AvgIpc) is 2.77. The molecule has 19 heavy (non-hydrogen) atoms. The Balaban J connectivity index is 0.00000180. The van der Waals surface area contributed by atoms with Crippen molar-refractivity contribution in [2.45, 2.75) is 12.2 Å². The maximum atomic E-state index is 11.2. The van der Waals surface area contributed by atoms with Gasteiger partial charge in [-0.05, 0) is 29.5 Å². The largest absolute Gasteiger partial charge is 1.00 e. The van der Waals surface area contributed by atoms with Gasteiger partial charge in [-0.15, -0.1) is 0 Å². The number of carbonyl (C=O) groups excluding carboxylic acids is 1. The van der Waals surface area contributed by atoms with E-state index in [-0.39, 0.29) is 18.3 Å². The van der Waals surface area contributed by atoms with E-state index in [1.165, 1.54) is 0 Å². The number of aliphatic imine (C=N–C) groups is 1. The summed E-state index contributed by atoms with van der Waals surface area (Å²) in [5.41, 5.74) is 4.00. The minimum Gasteiger partial charge on any atom is -1.00 e. The fourth-order valence-electron chi connectivity index (χ4n) is 1.76. The predicted molar refractivity (Wildman–Crippen MR) is 74.7 cm³/mol. The van der Waals surface area contributed by atoms with Crippen LogP contribution in [0.3, 0.4) is 0 Å². The Labute approximate surface area is 128 Å². The summed E-state index contributed by atoms with van der Waals surface area (Å²) in [4.78, 5) is 15.4. The predicted octanol–water partition coefficient (Wildman–Crippen LogP) is -2.12. The maximum absolute atomic E-state index is 11.2. The lowest BCUT2D eigenvalue weighted by molar-refractivity contribution is -0.830. The molecule has 0 saturated carbocycles. The maximum Gasteiger partial charge on any atom is 0.282 e.